The Kier molecular flexibility index (Phi) is 5.78. The number of halogens is 5. The van der Waals surface area contributed by atoms with E-state index in [-0.39, 0.29) is 43.5 Å². The maximum absolute atomic E-state index is 14.4. The van der Waals surface area contributed by atoms with E-state index in [9.17, 15) is 32.3 Å². The molecule has 0 fully saturated rings. The van der Waals surface area contributed by atoms with Crippen LogP contribution >= 0.6 is 11.6 Å². The molecule has 4 aromatic rings. The van der Waals surface area contributed by atoms with Crippen molar-refractivity contribution in [3.8, 4) is 0 Å². The summed E-state index contributed by atoms with van der Waals surface area (Å²) < 4.78 is 73.9. The number of aromatic nitrogens is 1. The lowest BCUT2D eigenvalue weighted by atomic mass is 9.93. The zero-order chi connectivity index (χ0) is 31.8. The van der Waals surface area contributed by atoms with Crippen molar-refractivity contribution in [2.45, 2.75) is 17.8 Å². The molecule has 2 atom stereocenters. The molecule has 3 N–H and O–H groups in total. The van der Waals surface area contributed by atoms with Gasteiger partial charge in [-0.15, -0.1) is 0 Å². The van der Waals surface area contributed by atoms with Gasteiger partial charge < -0.3 is 15.7 Å². The van der Waals surface area contributed by atoms with E-state index in [4.69, 9.17) is 14.3 Å². The standard InChI is InChI=1S/C30H19ClF4N4O3/c1-2-16-8-9-17-21(36-16)12-22(26-25(17)23(13-40)37-27(26)18-11-15(32)7-10-20(18)31)38-28(41)39-14-29(42,30(33,34)35)19-5-3-4-6-24(19)39/h2-12,27,37,42H,1,14H2,(H,38,41)/i14D2. The molecule has 0 saturated carbocycles. The molecule has 0 bridgehead atoms. The van der Waals surface area contributed by atoms with Gasteiger partial charge in [0.05, 0.1) is 37.9 Å². The number of nitrogens with zero attached hydrogens (tertiary/aromatic N) is 2. The van der Waals surface area contributed by atoms with Crippen molar-refractivity contribution >= 4 is 57.6 Å². The van der Waals surface area contributed by atoms with Gasteiger partial charge >= 0.3 is 12.2 Å². The minimum absolute atomic E-state index is 0.0899. The number of aliphatic hydroxyl groups is 1. The highest BCUT2D eigenvalue weighted by atomic mass is 35.5. The number of carbonyl (C=O) groups is 1. The van der Waals surface area contributed by atoms with Crippen LogP contribution in [-0.4, -0.2) is 34.7 Å². The highest BCUT2D eigenvalue weighted by Gasteiger charge is 2.61. The summed E-state index contributed by atoms with van der Waals surface area (Å²) in [6.45, 7) is -0.0251. The zero-order valence-electron chi connectivity index (χ0n) is 23.2. The van der Waals surface area contributed by atoms with Crippen molar-refractivity contribution in [2.24, 2.45) is 0 Å². The summed E-state index contributed by atoms with van der Waals surface area (Å²) in [5.74, 6) is 1.13. The Hall–Kier alpha value is -4.70. The highest BCUT2D eigenvalue weighted by Crippen LogP contribution is 2.49. The van der Waals surface area contributed by atoms with Gasteiger partial charge in [0.2, 0.25) is 5.60 Å². The maximum Gasteiger partial charge on any atom is 0.423 e. The summed E-state index contributed by atoms with van der Waals surface area (Å²) in [5, 5.41) is 16.7. The van der Waals surface area contributed by atoms with Gasteiger partial charge in [-0.2, -0.15) is 13.2 Å². The van der Waals surface area contributed by atoms with Crippen LogP contribution in [0.15, 0.2) is 67.2 Å². The quantitative estimate of drug-likeness (QED) is 0.190. The fourth-order valence-electron chi connectivity index (χ4n) is 5.24. The molecule has 2 aliphatic heterocycles. The Morgan fingerprint density at radius 3 is 2.74 bits per heavy atom. The molecule has 1 aromatic heterocycles. The summed E-state index contributed by atoms with van der Waals surface area (Å²) >= 11 is 6.40. The van der Waals surface area contributed by atoms with Crippen LogP contribution in [0.1, 0.15) is 36.7 Å². The Morgan fingerprint density at radius 1 is 1.26 bits per heavy atom. The van der Waals surface area contributed by atoms with Gasteiger partial charge in [0.25, 0.3) is 0 Å². The number of hydrogen-bond acceptors (Lipinski definition) is 5. The third-order valence-electron chi connectivity index (χ3n) is 7.13. The third kappa shape index (κ3) is 4.13. The van der Waals surface area contributed by atoms with Crippen LogP contribution in [0.3, 0.4) is 0 Å². The lowest BCUT2D eigenvalue weighted by Gasteiger charge is -2.27. The lowest BCUT2D eigenvalue weighted by molar-refractivity contribution is -0.258. The first kappa shape index (κ1) is 25.0. The van der Waals surface area contributed by atoms with E-state index in [1.165, 1.54) is 30.3 Å². The average molecular weight is 597 g/mol. The topological polar surface area (TPSA) is 94.6 Å². The maximum atomic E-state index is 14.4. The summed E-state index contributed by atoms with van der Waals surface area (Å²) in [4.78, 5) is 30.6. The molecular formula is C30H19ClF4N4O3. The second kappa shape index (κ2) is 9.70. The number of urea groups is 1. The van der Waals surface area contributed by atoms with Crippen LogP contribution in [-0.2, 0) is 10.4 Å². The largest absolute Gasteiger partial charge is 0.423 e. The molecule has 0 saturated heterocycles. The first-order chi connectivity index (χ1) is 20.7. The summed E-state index contributed by atoms with van der Waals surface area (Å²) in [6, 6.07) is 10.2. The molecule has 6 rings (SSSR count). The summed E-state index contributed by atoms with van der Waals surface area (Å²) in [7, 11) is 0. The Bertz CT molecular complexity index is 1970. The minimum Gasteiger partial charge on any atom is -0.375 e. The minimum atomic E-state index is -5.51. The Labute approximate surface area is 243 Å². The monoisotopic (exact) mass is 596 g/mol. The summed E-state index contributed by atoms with van der Waals surface area (Å²) in [6.07, 6.45) is -4.06. The number of pyridine rings is 1. The van der Waals surface area contributed by atoms with Crippen molar-refractivity contribution in [1.82, 2.24) is 10.3 Å². The van der Waals surface area contributed by atoms with Gasteiger partial charge in [0, 0.05) is 32.7 Å². The predicted octanol–water partition coefficient (Wildman–Crippen LogP) is 6.34. The molecular weight excluding hydrogens is 576 g/mol. The van der Waals surface area contributed by atoms with E-state index < -0.39 is 47.4 Å². The molecule has 0 aliphatic carbocycles. The van der Waals surface area contributed by atoms with Crippen LogP contribution in [0, 0.1) is 5.82 Å². The second-order valence-corrected chi connectivity index (χ2v) is 9.95. The molecule has 212 valence electrons. The number of hydrogen-bond donors (Lipinski definition) is 3. The van der Waals surface area contributed by atoms with E-state index in [1.807, 2.05) is 0 Å². The molecule has 2 aliphatic rings. The number of benzene rings is 3. The van der Waals surface area contributed by atoms with Crippen LogP contribution in [0.2, 0.25) is 5.02 Å². The number of para-hydroxylation sites is 1. The Morgan fingerprint density at radius 2 is 2.02 bits per heavy atom. The predicted molar refractivity (Wildman–Crippen MR) is 150 cm³/mol. The zero-order valence-corrected chi connectivity index (χ0v) is 21.9. The molecule has 3 heterocycles. The van der Waals surface area contributed by atoms with Crippen LogP contribution in [0.25, 0.3) is 22.7 Å². The van der Waals surface area contributed by atoms with Crippen molar-refractivity contribution in [3.05, 3.63) is 106 Å². The molecule has 0 radical (unpaired) electrons. The van der Waals surface area contributed by atoms with E-state index in [1.54, 1.807) is 18.1 Å². The van der Waals surface area contributed by atoms with Crippen LogP contribution in [0.5, 0.6) is 0 Å². The van der Waals surface area contributed by atoms with Crippen molar-refractivity contribution < 1.29 is 35.0 Å². The van der Waals surface area contributed by atoms with Gasteiger partial charge in [-0.3, -0.25) is 4.90 Å². The normalized spacial score (nSPS) is 21.1. The van der Waals surface area contributed by atoms with Gasteiger partial charge in [0.15, 0.2) is 5.94 Å². The van der Waals surface area contributed by atoms with Crippen molar-refractivity contribution in [2.75, 3.05) is 16.7 Å². The van der Waals surface area contributed by atoms with Crippen LogP contribution in [0.4, 0.5) is 33.7 Å². The second-order valence-electron chi connectivity index (χ2n) is 9.54. The Balaban J connectivity index is 1.57. The fourth-order valence-corrected chi connectivity index (χ4v) is 5.46. The lowest BCUT2D eigenvalue weighted by Crippen LogP contribution is -2.48. The number of carbonyl (C=O) groups excluding carboxylic acids is 2. The number of β-amino-alcohol motifs (C(OH)–C–C–N with tert-alkyl or cyclic N) is 1. The van der Waals surface area contributed by atoms with E-state index in [0.29, 0.717) is 11.1 Å². The number of rotatable bonds is 3. The van der Waals surface area contributed by atoms with Gasteiger partial charge in [-0.05, 0) is 48.5 Å². The van der Waals surface area contributed by atoms with Crippen LogP contribution < -0.4 is 15.5 Å². The molecule has 2 unspecified atom stereocenters. The smallest absolute Gasteiger partial charge is 0.375 e. The molecule has 3 aromatic carbocycles. The molecule has 0 spiro atoms. The number of alkyl halides is 3. The number of nitrogens with one attached hydrogen (secondary N) is 2. The number of anilines is 2. The fraction of sp³-hybridized carbons (Fsp3) is 0.133. The first-order valence-electron chi connectivity index (χ1n) is 13.3. The average Bonchev–Trinajstić information content (AvgIpc) is 3.45. The number of fused-ring (bicyclic) bond motifs is 4. The van der Waals surface area contributed by atoms with E-state index in [2.05, 4.69) is 22.2 Å². The van der Waals surface area contributed by atoms with E-state index >= 15 is 0 Å². The van der Waals surface area contributed by atoms with Gasteiger partial charge in [0.1, 0.15) is 11.5 Å². The van der Waals surface area contributed by atoms with Gasteiger partial charge in [-0.1, -0.05) is 36.4 Å². The molecule has 42 heavy (non-hydrogen) atoms. The molecule has 7 nitrogen and oxygen atoms in total. The van der Waals surface area contributed by atoms with Crippen molar-refractivity contribution in [3.63, 3.8) is 0 Å². The molecule has 2 amide bonds. The van der Waals surface area contributed by atoms with E-state index in [0.717, 1.165) is 24.3 Å². The molecule has 12 heteroatoms. The summed E-state index contributed by atoms with van der Waals surface area (Å²) in [5.41, 5.74) is -4.44. The third-order valence-corrected chi connectivity index (χ3v) is 7.47. The van der Waals surface area contributed by atoms with Gasteiger partial charge in [-0.25, -0.2) is 19.0 Å². The van der Waals surface area contributed by atoms with Crippen molar-refractivity contribution in [1.29, 1.82) is 0 Å². The first-order valence-corrected chi connectivity index (χ1v) is 12.7. The highest BCUT2D eigenvalue weighted by molar-refractivity contribution is 6.31. The number of amides is 2. The SMILES string of the molecule is [2H]C1([2H])N(C(=O)Nc2cc3nc(C=C)ccc3c3c2C(c2cc(F)ccc2Cl)NC3=C=O)c2ccccc2C1(O)C(F)(F)F.